The number of allylic oxidation sites excluding steroid dienone is 1. The molecule has 1 aromatic rings. The number of amides is 1. The molecule has 0 aliphatic heterocycles. The Bertz CT molecular complexity index is 960. The number of hydrogen-bond donors (Lipinski definition) is 2. The average molecular weight is 452 g/mol. The summed E-state index contributed by atoms with van der Waals surface area (Å²) in [5, 5.41) is 6.76. The molecule has 0 atom stereocenters. The van der Waals surface area contributed by atoms with Crippen LogP contribution in [0.15, 0.2) is 33.7 Å². The molecular weight excluding hydrogens is 428 g/mol. The third kappa shape index (κ3) is 7.64. The Hall–Kier alpha value is -2.99. The number of nitrogens with zero attached hydrogens (tertiary/aromatic N) is 3. The second kappa shape index (κ2) is 11.4. The van der Waals surface area contributed by atoms with Gasteiger partial charge in [0, 0.05) is 30.9 Å². The van der Waals surface area contributed by atoms with E-state index in [-0.39, 0.29) is 29.1 Å². The smallest absolute Gasteiger partial charge is 0.278 e. The summed E-state index contributed by atoms with van der Waals surface area (Å²) >= 11 is 6.36. The third-order valence-electron chi connectivity index (χ3n) is 3.95. The van der Waals surface area contributed by atoms with Gasteiger partial charge in [-0.2, -0.15) is 0 Å². The molecule has 1 fully saturated rings. The molecule has 31 heavy (non-hydrogen) atoms. The molecule has 2 rings (SSSR count). The topological polar surface area (TPSA) is 102 Å². The predicted octanol–water partition coefficient (Wildman–Crippen LogP) is 2.92. The lowest BCUT2D eigenvalue weighted by atomic mass is 10.1. The van der Waals surface area contributed by atoms with Gasteiger partial charge < -0.3 is 15.9 Å². The van der Waals surface area contributed by atoms with Gasteiger partial charge in [0.15, 0.2) is 0 Å². The lowest BCUT2D eigenvalue weighted by Crippen LogP contribution is -2.34. The minimum atomic E-state index is -3.00. The first-order valence-electron chi connectivity index (χ1n) is 9.61. The fourth-order valence-corrected chi connectivity index (χ4v) is 2.51. The maximum absolute atomic E-state index is 12.9. The van der Waals surface area contributed by atoms with E-state index >= 15 is 0 Å². The van der Waals surface area contributed by atoms with Crippen molar-refractivity contribution < 1.29 is 18.4 Å². The molecule has 1 aromatic heterocycles. The maximum Gasteiger partial charge on any atom is 0.278 e. The van der Waals surface area contributed by atoms with Crippen molar-refractivity contribution in [3.05, 3.63) is 39.8 Å². The van der Waals surface area contributed by atoms with Crippen LogP contribution in [0.4, 0.5) is 8.78 Å². The van der Waals surface area contributed by atoms with Gasteiger partial charge in [-0.15, -0.1) is 0 Å². The van der Waals surface area contributed by atoms with Crippen LogP contribution in [0.25, 0.3) is 0 Å². The number of nitrogens with two attached hydrogens (primary N) is 1. The molecule has 1 saturated carbocycles. The summed E-state index contributed by atoms with van der Waals surface area (Å²) in [4.78, 5) is 25.6. The molecule has 0 aromatic carbocycles. The number of oxime groups is 1. The molecule has 1 aliphatic rings. The van der Waals surface area contributed by atoms with Crippen LogP contribution < -0.4 is 11.1 Å². The van der Waals surface area contributed by atoms with Gasteiger partial charge in [0.1, 0.15) is 17.5 Å². The Balaban J connectivity index is 2.25. The molecule has 3 N–H and O–H groups in total. The van der Waals surface area contributed by atoms with Crippen molar-refractivity contribution in [1.82, 2.24) is 10.3 Å². The number of hydrogen-bond acceptors (Lipinski definition) is 6. The number of aliphatic imine (C=N–C) groups is 1. The van der Waals surface area contributed by atoms with E-state index in [0.29, 0.717) is 11.5 Å². The van der Waals surface area contributed by atoms with Crippen molar-refractivity contribution >= 4 is 29.4 Å². The fourth-order valence-electron chi connectivity index (χ4n) is 2.23. The first kappa shape index (κ1) is 24.3. The zero-order valence-electron chi connectivity index (χ0n) is 17.5. The summed E-state index contributed by atoms with van der Waals surface area (Å²) in [7, 11) is 1.34. The molecule has 1 aliphatic carbocycles. The van der Waals surface area contributed by atoms with Crippen LogP contribution in [0.1, 0.15) is 37.9 Å². The summed E-state index contributed by atoms with van der Waals surface area (Å²) in [6.45, 7) is 3.35. The quantitative estimate of drug-likeness (QED) is 0.274. The van der Waals surface area contributed by atoms with Crippen LogP contribution >= 0.6 is 11.6 Å². The minimum absolute atomic E-state index is 0.192. The highest BCUT2D eigenvalue weighted by Crippen LogP contribution is 2.27. The number of nitrogens with one attached hydrogen (secondary N) is 1. The van der Waals surface area contributed by atoms with Crippen LogP contribution in [-0.4, -0.2) is 48.9 Å². The number of aromatic nitrogens is 1. The Morgan fingerprint density at radius 3 is 2.74 bits per heavy atom. The standard InChI is InChI=1S/C21H24ClF2N5O2/c1-12(2)31-29-17(11-28-21(30)15(10-26-3)18(25)20(23)24)19-16(22)8-14(9-27-19)7-6-13-4-5-13/h8-10,12-13,20H,4-5,11,25H2,1-3H3,(H,28,30)/b18-15?,26-10?,29-17+. The van der Waals surface area contributed by atoms with Crippen molar-refractivity contribution in [1.29, 1.82) is 0 Å². The summed E-state index contributed by atoms with van der Waals surface area (Å²) in [6.07, 6.45) is 1.47. The number of pyridine rings is 1. The van der Waals surface area contributed by atoms with E-state index in [9.17, 15) is 13.6 Å². The molecule has 0 spiro atoms. The molecule has 0 unspecified atom stereocenters. The van der Waals surface area contributed by atoms with E-state index in [1.165, 1.54) is 7.05 Å². The Morgan fingerprint density at radius 2 is 2.19 bits per heavy atom. The molecule has 0 bridgehead atoms. The van der Waals surface area contributed by atoms with Crippen molar-refractivity contribution in [3.63, 3.8) is 0 Å². The second-order valence-corrected chi connectivity index (χ2v) is 7.44. The average Bonchev–Trinajstić information content (AvgIpc) is 3.54. The highest BCUT2D eigenvalue weighted by Gasteiger charge is 2.20. The van der Waals surface area contributed by atoms with Crippen molar-refractivity contribution in [2.24, 2.45) is 21.8 Å². The van der Waals surface area contributed by atoms with Gasteiger partial charge in [0.05, 0.1) is 22.8 Å². The van der Waals surface area contributed by atoms with Gasteiger partial charge in [0.2, 0.25) is 0 Å². The summed E-state index contributed by atoms with van der Waals surface area (Å²) in [5.41, 5.74) is 5.15. The second-order valence-electron chi connectivity index (χ2n) is 7.03. The molecule has 0 radical (unpaired) electrons. The van der Waals surface area contributed by atoms with E-state index in [2.05, 4.69) is 32.3 Å². The van der Waals surface area contributed by atoms with Crippen molar-refractivity contribution in [2.75, 3.05) is 13.6 Å². The van der Waals surface area contributed by atoms with E-state index in [4.69, 9.17) is 22.2 Å². The van der Waals surface area contributed by atoms with E-state index in [1.54, 1.807) is 26.1 Å². The molecular formula is C21H24ClF2N5O2. The zero-order chi connectivity index (χ0) is 23.0. The van der Waals surface area contributed by atoms with Gasteiger partial charge >= 0.3 is 0 Å². The lowest BCUT2D eigenvalue weighted by Gasteiger charge is -2.12. The zero-order valence-corrected chi connectivity index (χ0v) is 18.2. The first-order valence-corrected chi connectivity index (χ1v) is 9.99. The lowest BCUT2D eigenvalue weighted by molar-refractivity contribution is -0.116. The van der Waals surface area contributed by atoms with Crippen LogP contribution in [0, 0.1) is 17.8 Å². The number of halogens is 3. The molecule has 0 saturated heterocycles. The summed E-state index contributed by atoms with van der Waals surface area (Å²) < 4.78 is 25.9. The predicted molar refractivity (Wildman–Crippen MR) is 116 cm³/mol. The summed E-state index contributed by atoms with van der Waals surface area (Å²) in [5.74, 6) is 5.73. The van der Waals surface area contributed by atoms with E-state index in [1.807, 2.05) is 0 Å². The van der Waals surface area contributed by atoms with Gasteiger partial charge in [-0.25, -0.2) is 8.78 Å². The number of carbonyl (C=O) groups is 1. The molecule has 10 heteroatoms. The van der Waals surface area contributed by atoms with Crippen LogP contribution in [0.2, 0.25) is 5.02 Å². The van der Waals surface area contributed by atoms with Crippen LogP contribution in [-0.2, 0) is 9.63 Å². The van der Waals surface area contributed by atoms with Gasteiger partial charge in [-0.3, -0.25) is 14.8 Å². The number of rotatable bonds is 8. The molecule has 1 heterocycles. The van der Waals surface area contributed by atoms with Crippen LogP contribution in [0.3, 0.4) is 0 Å². The molecule has 7 nitrogen and oxygen atoms in total. The Morgan fingerprint density at radius 1 is 1.48 bits per heavy atom. The Labute approximate surface area is 184 Å². The molecule has 1 amide bonds. The van der Waals surface area contributed by atoms with Gasteiger partial charge in [-0.05, 0) is 32.8 Å². The highest BCUT2D eigenvalue weighted by atomic mass is 35.5. The summed E-state index contributed by atoms with van der Waals surface area (Å²) in [6, 6.07) is 1.65. The van der Waals surface area contributed by atoms with E-state index in [0.717, 1.165) is 19.1 Å². The maximum atomic E-state index is 12.9. The van der Waals surface area contributed by atoms with Crippen molar-refractivity contribution in [2.45, 2.75) is 39.2 Å². The van der Waals surface area contributed by atoms with Crippen molar-refractivity contribution in [3.8, 4) is 11.8 Å². The largest absolute Gasteiger partial charge is 0.397 e. The normalized spacial score (nSPS) is 15.0. The van der Waals surface area contributed by atoms with Gasteiger partial charge in [0.25, 0.3) is 12.3 Å². The fraction of sp³-hybridized carbons (Fsp3) is 0.429. The minimum Gasteiger partial charge on any atom is -0.397 e. The highest BCUT2D eigenvalue weighted by molar-refractivity contribution is 6.34. The number of carbonyl (C=O) groups excluding carboxylic acids is 1. The SMILES string of the molecule is CN=CC(C(=O)NC/C(=N\OC(C)C)c1ncc(C#CC2CC2)cc1Cl)=C(N)C(F)F. The number of alkyl halides is 2. The van der Waals surface area contributed by atoms with Gasteiger partial charge in [-0.1, -0.05) is 28.6 Å². The molecule has 166 valence electrons. The third-order valence-corrected chi connectivity index (χ3v) is 4.24. The first-order chi connectivity index (χ1) is 14.7. The van der Waals surface area contributed by atoms with E-state index < -0.39 is 23.6 Å². The Kier molecular flexibility index (Phi) is 8.94. The monoisotopic (exact) mass is 451 g/mol. The van der Waals surface area contributed by atoms with Crippen LogP contribution in [0.5, 0.6) is 0 Å².